The standard InChI is InChI=1S/C19H22N2.ClH/c1-16-7-9-17(10-8-16)18(19-6-2-3-12-20-19)11-15-21-13-4-5-14-21;/h2-3,6-12H,4-5,13-15H2,1H3;1H/b18-11+;/i4D2,5D2,13D2,14D2;. The van der Waals surface area contributed by atoms with Gasteiger partial charge in [-0.25, -0.2) is 0 Å². The number of halogens is 1. The van der Waals surface area contributed by atoms with Crippen molar-refractivity contribution < 1.29 is 11.0 Å². The Morgan fingerprint density at radius 2 is 1.91 bits per heavy atom. The summed E-state index contributed by atoms with van der Waals surface area (Å²) in [4.78, 5) is 4.94. The monoisotopic (exact) mass is 322 g/mol. The summed E-state index contributed by atoms with van der Waals surface area (Å²) in [7, 11) is 0. The zero-order chi connectivity index (χ0) is 21.7. The van der Waals surface area contributed by atoms with E-state index in [1.807, 2.05) is 31.2 Å². The van der Waals surface area contributed by atoms with Gasteiger partial charge in [0.05, 0.1) is 5.69 Å². The number of benzene rings is 1. The Morgan fingerprint density at radius 3 is 2.55 bits per heavy atom. The van der Waals surface area contributed by atoms with Gasteiger partial charge in [-0.3, -0.25) is 9.88 Å². The fraction of sp³-hybridized carbons (Fsp3) is 0.316. The van der Waals surface area contributed by atoms with Crippen LogP contribution in [0.4, 0.5) is 0 Å². The molecule has 0 unspecified atom stereocenters. The van der Waals surface area contributed by atoms with Crippen LogP contribution in [0.25, 0.3) is 5.57 Å². The van der Waals surface area contributed by atoms with E-state index in [-0.39, 0.29) is 19.0 Å². The molecule has 0 radical (unpaired) electrons. The molecular weight excluding hydrogens is 292 g/mol. The number of aromatic nitrogens is 1. The van der Waals surface area contributed by atoms with Crippen molar-refractivity contribution in [1.82, 2.24) is 9.88 Å². The van der Waals surface area contributed by atoms with Crippen LogP contribution in [0.1, 0.15) is 40.5 Å². The summed E-state index contributed by atoms with van der Waals surface area (Å²) < 4.78 is 64.2. The highest BCUT2D eigenvalue weighted by Crippen LogP contribution is 2.22. The van der Waals surface area contributed by atoms with Crippen LogP contribution < -0.4 is 0 Å². The summed E-state index contributed by atoms with van der Waals surface area (Å²) in [6.07, 6.45) is -2.89. The number of hydrogen-bond donors (Lipinski definition) is 0. The number of rotatable bonds is 4. The first-order valence-corrected chi connectivity index (χ1v) is 6.80. The van der Waals surface area contributed by atoms with Gasteiger partial charge in [-0.1, -0.05) is 42.0 Å². The first-order chi connectivity index (χ1) is 13.3. The molecule has 0 spiro atoms. The lowest BCUT2D eigenvalue weighted by molar-refractivity contribution is 0.377. The van der Waals surface area contributed by atoms with Crippen molar-refractivity contribution in [1.29, 1.82) is 0 Å². The number of nitrogens with zero attached hydrogens (tertiary/aromatic N) is 2. The molecule has 1 fully saturated rings. The van der Waals surface area contributed by atoms with Gasteiger partial charge in [0.15, 0.2) is 0 Å². The molecule has 0 aliphatic carbocycles. The summed E-state index contributed by atoms with van der Waals surface area (Å²) in [5.74, 6) is 0. The molecule has 1 aliphatic heterocycles. The lowest BCUT2D eigenvalue weighted by Crippen LogP contribution is -2.19. The predicted molar refractivity (Wildman–Crippen MR) is 95.4 cm³/mol. The molecule has 1 aromatic carbocycles. The normalized spacial score (nSPS) is 30.1. The molecule has 3 rings (SSSR count). The third-order valence-electron chi connectivity index (χ3n) is 3.23. The Balaban J connectivity index is 0.00000320. The molecule has 3 heteroatoms. The lowest BCUT2D eigenvalue weighted by atomic mass is 10.0. The van der Waals surface area contributed by atoms with Gasteiger partial charge in [-0.05, 0) is 50.4 Å². The Bertz CT molecular complexity index is 888. The summed E-state index contributed by atoms with van der Waals surface area (Å²) in [6.45, 7) is -4.08. The Kier molecular flexibility index (Phi) is 3.27. The maximum absolute atomic E-state index is 8.13. The van der Waals surface area contributed by atoms with Gasteiger partial charge in [0.1, 0.15) is 0 Å². The molecule has 0 amide bonds. The van der Waals surface area contributed by atoms with E-state index >= 15 is 0 Å². The molecule has 0 bridgehead atoms. The summed E-state index contributed by atoms with van der Waals surface area (Å²) >= 11 is 0. The van der Waals surface area contributed by atoms with Gasteiger partial charge >= 0.3 is 0 Å². The average Bonchev–Trinajstić information content (AvgIpc) is 2.72. The third-order valence-corrected chi connectivity index (χ3v) is 3.23. The van der Waals surface area contributed by atoms with Crippen molar-refractivity contribution in [2.45, 2.75) is 19.7 Å². The molecular formula is C19H23ClN2. The van der Waals surface area contributed by atoms with Crippen molar-refractivity contribution in [2.75, 3.05) is 19.5 Å². The van der Waals surface area contributed by atoms with Crippen molar-refractivity contribution in [3.8, 4) is 0 Å². The molecule has 2 aromatic rings. The van der Waals surface area contributed by atoms with Crippen molar-refractivity contribution in [3.05, 3.63) is 71.6 Å². The van der Waals surface area contributed by atoms with Crippen LogP contribution in [0, 0.1) is 6.92 Å². The zero-order valence-electron chi connectivity index (χ0n) is 20.2. The van der Waals surface area contributed by atoms with Gasteiger partial charge in [-0.15, -0.1) is 12.4 Å². The highest BCUT2D eigenvalue weighted by Gasteiger charge is 2.11. The molecule has 1 saturated heterocycles. The SMILES string of the molecule is Cl.[2H]C1([2H])N(C/C=C(\c2ccc(C)cc2)c2ccccn2)C([2H])([2H])C([2H])([2H])C1([2H])[2H]. The Labute approximate surface area is 150 Å². The second-order valence-electron chi connectivity index (χ2n) is 4.78. The van der Waals surface area contributed by atoms with E-state index < -0.39 is 25.7 Å². The molecule has 2 heterocycles. The van der Waals surface area contributed by atoms with E-state index in [2.05, 4.69) is 4.98 Å². The Hall–Kier alpha value is -1.64. The highest BCUT2D eigenvalue weighted by molar-refractivity contribution is 5.85. The molecule has 2 nitrogen and oxygen atoms in total. The van der Waals surface area contributed by atoms with Crippen LogP contribution in [-0.2, 0) is 0 Å². The first kappa shape index (κ1) is 8.85. The molecule has 1 aliphatic rings. The minimum Gasteiger partial charge on any atom is -0.300 e. The molecule has 0 saturated carbocycles. The van der Waals surface area contributed by atoms with E-state index in [0.717, 1.165) is 11.1 Å². The highest BCUT2D eigenvalue weighted by atomic mass is 35.5. The fourth-order valence-corrected chi connectivity index (χ4v) is 2.12. The smallest absolute Gasteiger partial charge is 0.0705 e. The molecule has 22 heavy (non-hydrogen) atoms. The quantitative estimate of drug-likeness (QED) is 0.832. The number of aryl methyl sites for hydroxylation is 1. The lowest BCUT2D eigenvalue weighted by Gasteiger charge is -2.14. The summed E-state index contributed by atoms with van der Waals surface area (Å²) in [6, 6.07) is 12.9. The average molecular weight is 323 g/mol. The second-order valence-corrected chi connectivity index (χ2v) is 4.78. The summed E-state index contributed by atoms with van der Waals surface area (Å²) in [5.41, 5.74) is 3.08. The maximum atomic E-state index is 8.13. The van der Waals surface area contributed by atoms with Crippen molar-refractivity contribution in [2.24, 2.45) is 0 Å². The first-order valence-electron chi connectivity index (χ1n) is 10.8. The van der Waals surface area contributed by atoms with E-state index in [4.69, 9.17) is 11.0 Å². The minimum atomic E-state index is -3.04. The van der Waals surface area contributed by atoms with Crippen LogP contribution in [-0.4, -0.2) is 29.4 Å². The number of pyridine rings is 1. The number of likely N-dealkylation sites (tertiary alicyclic amines) is 1. The minimum absolute atomic E-state index is 0. The van der Waals surface area contributed by atoms with Crippen LogP contribution in [0.5, 0.6) is 0 Å². The topological polar surface area (TPSA) is 16.1 Å². The van der Waals surface area contributed by atoms with E-state index in [0.29, 0.717) is 16.2 Å². The molecule has 0 atom stereocenters. The zero-order valence-corrected chi connectivity index (χ0v) is 13.0. The van der Waals surface area contributed by atoms with Crippen LogP contribution in [0.2, 0.25) is 0 Å². The van der Waals surface area contributed by atoms with E-state index in [9.17, 15) is 0 Å². The second kappa shape index (κ2) is 8.11. The van der Waals surface area contributed by atoms with E-state index in [1.54, 1.807) is 30.5 Å². The van der Waals surface area contributed by atoms with Crippen molar-refractivity contribution >= 4 is 18.0 Å². The maximum Gasteiger partial charge on any atom is 0.0705 e. The van der Waals surface area contributed by atoms with Crippen LogP contribution in [0.3, 0.4) is 0 Å². The summed E-state index contributed by atoms with van der Waals surface area (Å²) in [5, 5.41) is 0. The van der Waals surface area contributed by atoms with Gasteiger partial charge in [0.25, 0.3) is 0 Å². The van der Waals surface area contributed by atoms with Crippen LogP contribution in [0.15, 0.2) is 54.7 Å². The number of hydrogen-bond acceptors (Lipinski definition) is 2. The predicted octanol–water partition coefficient (Wildman–Crippen LogP) is 4.34. The molecule has 1 aromatic heterocycles. The molecule has 0 N–H and O–H groups in total. The molecule has 116 valence electrons. The van der Waals surface area contributed by atoms with Gasteiger partial charge in [0, 0.05) is 29.3 Å². The third kappa shape index (κ3) is 4.19. The van der Waals surface area contributed by atoms with Gasteiger partial charge < -0.3 is 0 Å². The largest absolute Gasteiger partial charge is 0.300 e. The Morgan fingerprint density at radius 1 is 1.18 bits per heavy atom. The van der Waals surface area contributed by atoms with Gasteiger partial charge in [-0.2, -0.15) is 0 Å². The van der Waals surface area contributed by atoms with E-state index in [1.165, 1.54) is 0 Å². The van der Waals surface area contributed by atoms with Gasteiger partial charge in [0.2, 0.25) is 0 Å². The van der Waals surface area contributed by atoms with Crippen molar-refractivity contribution in [3.63, 3.8) is 0 Å². The fourth-order valence-electron chi connectivity index (χ4n) is 2.12. The van der Waals surface area contributed by atoms with Crippen LogP contribution >= 0.6 is 12.4 Å².